The van der Waals surface area contributed by atoms with Crippen LogP contribution in [0.1, 0.15) is 61.8 Å². The standard InChI is InChI=1S/C26H31NO5S/c1-2-7-18-16-22(32-20-9-3-4-10-20)12-13-23(18)31-15-6-14-30-21-11-5-8-19(17-21)24-25(28)27-26(29)33-24/h5,8,11-13,16-17,20,24H,2-4,6-7,9-10,14-15H2,1H3,(H,27,28,29)/t24-/m0/s1. The summed E-state index contributed by atoms with van der Waals surface area (Å²) in [5.74, 6) is 2.25. The molecular weight excluding hydrogens is 438 g/mol. The molecule has 7 heteroatoms. The second-order valence-corrected chi connectivity index (χ2v) is 9.52. The number of imide groups is 1. The van der Waals surface area contributed by atoms with Crippen molar-refractivity contribution in [3.05, 3.63) is 53.6 Å². The van der Waals surface area contributed by atoms with Crippen LogP contribution in [0.3, 0.4) is 0 Å². The third kappa shape index (κ3) is 6.44. The Labute approximate surface area is 199 Å². The Bertz CT molecular complexity index is 973. The molecule has 2 aromatic rings. The Balaban J connectivity index is 1.25. The molecule has 0 bridgehead atoms. The van der Waals surface area contributed by atoms with Crippen molar-refractivity contribution >= 4 is 22.9 Å². The van der Waals surface area contributed by atoms with E-state index in [2.05, 4.69) is 18.3 Å². The van der Waals surface area contributed by atoms with Crippen LogP contribution in [-0.4, -0.2) is 30.5 Å². The van der Waals surface area contributed by atoms with E-state index in [1.54, 1.807) is 0 Å². The molecule has 2 aliphatic rings. The molecule has 0 spiro atoms. The molecule has 1 N–H and O–H groups in total. The lowest BCUT2D eigenvalue weighted by Crippen LogP contribution is -2.20. The lowest BCUT2D eigenvalue weighted by atomic mass is 10.1. The summed E-state index contributed by atoms with van der Waals surface area (Å²) in [5.41, 5.74) is 1.95. The topological polar surface area (TPSA) is 73.9 Å². The van der Waals surface area contributed by atoms with Gasteiger partial charge in [-0.1, -0.05) is 25.5 Å². The predicted octanol–water partition coefficient (Wildman–Crippen LogP) is 5.83. The van der Waals surface area contributed by atoms with Crippen molar-refractivity contribution in [3.63, 3.8) is 0 Å². The fourth-order valence-corrected chi connectivity index (χ4v) is 5.03. The van der Waals surface area contributed by atoms with Gasteiger partial charge in [0.1, 0.15) is 22.5 Å². The summed E-state index contributed by atoms with van der Waals surface area (Å²) in [4.78, 5) is 23.3. The molecule has 6 nitrogen and oxygen atoms in total. The predicted molar refractivity (Wildman–Crippen MR) is 129 cm³/mol. The Kier molecular flexibility index (Phi) is 8.15. The first-order chi connectivity index (χ1) is 16.1. The third-order valence-corrected chi connectivity index (χ3v) is 6.86. The van der Waals surface area contributed by atoms with E-state index in [1.165, 1.54) is 18.4 Å². The SMILES string of the molecule is CCCc1cc(OC2CCCC2)ccc1OCCCOc1cccc([C@@H]2SC(=O)NC2=O)c1. The van der Waals surface area contributed by atoms with Crippen molar-refractivity contribution in [2.24, 2.45) is 0 Å². The normalized spacial score (nSPS) is 18.4. The van der Waals surface area contributed by atoms with Crippen LogP contribution < -0.4 is 19.5 Å². The Morgan fingerprint density at radius 3 is 2.58 bits per heavy atom. The summed E-state index contributed by atoms with van der Waals surface area (Å²) < 4.78 is 18.1. The maximum Gasteiger partial charge on any atom is 0.286 e. The molecule has 1 aliphatic carbocycles. The van der Waals surface area contributed by atoms with Gasteiger partial charge in [-0.05, 0) is 85.3 Å². The number of hydrogen-bond donors (Lipinski definition) is 1. The summed E-state index contributed by atoms with van der Waals surface area (Å²) in [6.07, 6.45) is 7.89. The summed E-state index contributed by atoms with van der Waals surface area (Å²) in [6, 6.07) is 13.5. The van der Waals surface area contributed by atoms with E-state index >= 15 is 0 Å². The number of thioether (sulfide) groups is 1. The molecule has 176 valence electrons. The molecule has 1 atom stereocenters. The number of carbonyl (C=O) groups is 2. The second-order valence-electron chi connectivity index (χ2n) is 8.44. The van der Waals surface area contributed by atoms with Gasteiger partial charge in [0.15, 0.2) is 0 Å². The van der Waals surface area contributed by atoms with Crippen LogP contribution in [0.2, 0.25) is 0 Å². The van der Waals surface area contributed by atoms with Crippen LogP contribution >= 0.6 is 11.8 Å². The highest BCUT2D eigenvalue weighted by Gasteiger charge is 2.33. The highest BCUT2D eigenvalue weighted by molar-refractivity contribution is 8.15. The number of amides is 2. The zero-order chi connectivity index (χ0) is 23.0. The van der Waals surface area contributed by atoms with E-state index < -0.39 is 5.25 Å². The van der Waals surface area contributed by atoms with Gasteiger partial charge in [-0.25, -0.2) is 0 Å². The molecule has 2 amide bonds. The van der Waals surface area contributed by atoms with Gasteiger partial charge in [0, 0.05) is 6.42 Å². The minimum Gasteiger partial charge on any atom is -0.493 e. The van der Waals surface area contributed by atoms with Crippen molar-refractivity contribution in [1.29, 1.82) is 0 Å². The number of aryl methyl sites for hydroxylation is 1. The number of hydrogen-bond acceptors (Lipinski definition) is 6. The second kappa shape index (κ2) is 11.5. The van der Waals surface area contributed by atoms with Crippen LogP contribution in [0.4, 0.5) is 4.79 Å². The number of nitrogens with one attached hydrogen (secondary N) is 1. The van der Waals surface area contributed by atoms with Crippen LogP contribution in [0.25, 0.3) is 0 Å². The van der Waals surface area contributed by atoms with Gasteiger partial charge < -0.3 is 14.2 Å². The van der Waals surface area contributed by atoms with Gasteiger partial charge in [0.25, 0.3) is 5.24 Å². The minimum absolute atomic E-state index is 0.280. The Morgan fingerprint density at radius 2 is 1.82 bits per heavy atom. The number of benzene rings is 2. The fraction of sp³-hybridized carbons (Fsp3) is 0.462. The van der Waals surface area contributed by atoms with Gasteiger partial charge in [-0.15, -0.1) is 0 Å². The fourth-order valence-electron chi connectivity index (χ4n) is 4.21. The maximum atomic E-state index is 11.9. The molecule has 1 heterocycles. The number of ether oxygens (including phenoxy) is 3. The van der Waals surface area contributed by atoms with Crippen molar-refractivity contribution < 1.29 is 23.8 Å². The number of carbonyl (C=O) groups excluding carboxylic acids is 2. The molecule has 0 radical (unpaired) electrons. The molecular formula is C26H31NO5S. The lowest BCUT2D eigenvalue weighted by Gasteiger charge is -2.16. The molecule has 1 aliphatic heterocycles. The maximum absolute atomic E-state index is 11.9. The van der Waals surface area contributed by atoms with Crippen LogP contribution in [-0.2, 0) is 11.2 Å². The van der Waals surface area contributed by atoms with E-state index in [9.17, 15) is 9.59 Å². The van der Waals surface area contributed by atoms with E-state index in [4.69, 9.17) is 14.2 Å². The summed E-state index contributed by atoms with van der Waals surface area (Å²) in [5, 5.41) is 1.49. The Hall–Kier alpha value is -2.67. The van der Waals surface area contributed by atoms with E-state index in [-0.39, 0.29) is 11.1 Å². The summed E-state index contributed by atoms with van der Waals surface area (Å²) >= 11 is 0.996. The van der Waals surface area contributed by atoms with Gasteiger partial charge in [0.2, 0.25) is 5.91 Å². The third-order valence-electron chi connectivity index (χ3n) is 5.82. The summed E-state index contributed by atoms with van der Waals surface area (Å²) in [7, 11) is 0. The molecule has 33 heavy (non-hydrogen) atoms. The minimum atomic E-state index is -0.512. The van der Waals surface area contributed by atoms with E-state index in [0.29, 0.717) is 25.1 Å². The highest BCUT2D eigenvalue weighted by Crippen LogP contribution is 2.35. The molecule has 1 saturated heterocycles. The molecule has 0 unspecified atom stereocenters. The zero-order valence-electron chi connectivity index (χ0n) is 19.0. The van der Waals surface area contributed by atoms with E-state index in [0.717, 1.165) is 60.9 Å². The zero-order valence-corrected chi connectivity index (χ0v) is 19.8. The smallest absolute Gasteiger partial charge is 0.286 e. The van der Waals surface area contributed by atoms with Crippen molar-refractivity contribution in [2.45, 2.75) is 63.2 Å². The van der Waals surface area contributed by atoms with Crippen molar-refractivity contribution in [1.82, 2.24) is 5.32 Å². The van der Waals surface area contributed by atoms with Gasteiger partial charge in [0.05, 0.1) is 19.3 Å². The Morgan fingerprint density at radius 1 is 1.00 bits per heavy atom. The molecule has 2 aromatic carbocycles. The first-order valence-corrected chi connectivity index (χ1v) is 12.7. The molecule has 1 saturated carbocycles. The van der Waals surface area contributed by atoms with Crippen LogP contribution in [0.5, 0.6) is 17.2 Å². The summed E-state index contributed by atoms with van der Waals surface area (Å²) in [6.45, 7) is 3.22. The van der Waals surface area contributed by atoms with Crippen LogP contribution in [0.15, 0.2) is 42.5 Å². The first kappa shape index (κ1) is 23.5. The quantitative estimate of drug-likeness (QED) is 0.417. The van der Waals surface area contributed by atoms with E-state index in [1.807, 2.05) is 36.4 Å². The molecule has 4 rings (SSSR count). The van der Waals surface area contributed by atoms with Gasteiger partial charge >= 0.3 is 0 Å². The number of rotatable bonds is 11. The molecule has 0 aromatic heterocycles. The molecule has 2 fully saturated rings. The first-order valence-electron chi connectivity index (χ1n) is 11.8. The monoisotopic (exact) mass is 469 g/mol. The van der Waals surface area contributed by atoms with Gasteiger partial charge in [-0.2, -0.15) is 0 Å². The average molecular weight is 470 g/mol. The largest absolute Gasteiger partial charge is 0.493 e. The van der Waals surface area contributed by atoms with Crippen molar-refractivity contribution in [2.75, 3.05) is 13.2 Å². The van der Waals surface area contributed by atoms with Crippen LogP contribution in [0, 0.1) is 0 Å². The average Bonchev–Trinajstić information content (AvgIpc) is 3.44. The highest BCUT2D eigenvalue weighted by atomic mass is 32.2. The lowest BCUT2D eigenvalue weighted by molar-refractivity contribution is -0.119. The van der Waals surface area contributed by atoms with Crippen molar-refractivity contribution in [3.8, 4) is 17.2 Å². The van der Waals surface area contributed by atoms with Gasteiger partial charge in [-0.3, -0.25) is 14.9 Å².